The molecule has 4 heteroatoms. The van der Waals surface area contributed by atoms with Crippen LogP contribution in [0.4, 0.5) is 0 Å². The van der Waals surface area contributed by atoms with Gasteiger partial charge in [-0.25, -0.2) is 0 Å². The first kappa shape index (κ1) is 12.4. The van der Waals surface area contributed by atoms with Crippen LogP contribution in [0.3, 0.4) is 0 Å². The molecule has 0 heterocycles. The average molecular weight is 223 g/mol. The number of rotatable bonds is 5. The maximum absolute atomic E-state index is 11.1. The molecule has 0 aromatic heterocycles. The number of hydrogen-bond acceptors (Lipinski definition) is 3. The van der Waals surface area contributed by atoms with E-state index in [0.29, 0.717) is 30.9 Å². The van der Waals surface area contributed by atoms with E-state index in [2.05, 4.69) is 5.32 Å². The molecule has 4 nitrogen and oxygen atoms in total. The van der Waals surface area contributed by atoms with Crippen molar-refractivity contribution in [1.29, 1.82) is 0 Å². The van der Waals surface area contributed by atoms with Gasteiger partial charge in [0.05, 0.1) is 13.0 Å². The van der Waals surface area contributed by atoms with Gasteiger partial charge in [-0.15, -0.1) is 0 Å². The van der Waals surface area contributed by atoms with Crippen LogP contribution < -0.4 is 10.1 Å². The van der Waals surface area contributed by atoms with Crippen molar-refractivity contribution in [2.75, 3.05) is 13.2 Å². The zero-order valence-electron chi connectivity index (χ0n) is 9.62. The summed E-state index contributed by atoms with van der Waals surface area (Å²) in [6, 6.07) is 5.09. The molecule has 1 aromatic carbocycles. The maximum atomic E-state index is 11.1. The molecular formula is C12H17NO3. The zero-order valence-corrected chi connectivity index (χ0v) is 9.62. The molecule has 2 N–H and O–H groups in total. The molecule has 0 fully saturated rings. The smallest absolute Gasteiger partial charge is 0.223 e. The van der Waals surface area contributed by atoms with Crippen LogP contribution in [0.5, 0.6) is 11.5 Å². The fourth-order valence-electron chi connectivity index (χ4n) is 1.30. The van der Waals surface area contributed by atoms with Crippen molar-refractivity contribution < 1.29 is 14.6 Å². The molecule has 0 saturated heterocycles. The molecule has 1 amide bonds. The lowest BCUT2D eigenvalue weighted by Crippen LogP contribution is -2.24. The van der Waals surface area contributed by atoms with Crippen molar-refractivity contribution in [1.82, 2.24) is 5.32 Å². The number of benzene rings is 1. The first-order valence-electron chi connectivity index (χ1n) is 5.33. The van der Waals surface area contributed by atoms with Gasteiger partial charge in [0.25, 0.3) is 0 Å². The van der Waals surface area contributed by atoms with E-state index in [9.17, 15) is 9.90 Å². The Morgan fingerprint density at radius 3 is 2.94 bits per heavy atom. The van der Waals surface area contributed by atoms with Crippen molar-refractivity contribution in [3.8, 4) is 11.5 Å². The van der Waals surface area contributed by atoms with Crippen LogP contribution in [0, 0.1) is 6.92 Å². The molecule has 0 atom stereocenters. The molecular weight excluding hydrogens is 206 g/mol. The Morgan fingerprint density at radius 2 is 2.25 bits per heavy atom. The molecule has 0 radical (unpaired) electrons. The molecule has 0 spiro atoms. The second kappa shape index (κ2) is 6.00. The molecule has 0 aliphatic heterocycles. The molecule has 0 bridgehead atoms. The monoisotopic (exact) mass is 223 g/mol. The van der Waals surface area contributed by atoms with Crippen LogP contribution in [-0.4, -0.2) is 24.2 Å². The number of nitrogens with one attached hydrogen (secondary N) is 1. The molecule has 1 aromatic rings. The van der Waals surface area contributed by atoms with Crippen molar-refractivity contribution in [2.45, 2.75) is 20.3 Å². The second-order valence-electron chi connectivity index (χ2n) is 3.45. The quantitative estimate of drug-likeness (QED) is 0.797. The van der Waals surface area contributed by atoms with E-state index in [4.69, 9.17) is 4.74 Å². The lowest BCUT2D eigenvalue weighted by Gasteiger charge is -2.09. The number of carbonyl (C=O) groups is 1. The number of amides is 1. The predicted octanol–water partition coefficient (Wildman–Crippen LogP) is 1.61. The largest absolute Gasteiger partial charge is 0.508 e. The molecule has 88 valence electrons. The fraction of sp³-hybridized carbons (Fsp3) is 0.417. The minimum Gasteiger partial charge on any atom is -0.508 e. The third-order valence-corrected chi connectivity index (χ3v) is 2.22. The Bertz CT molecular complexity index is 363. The Kier molecular flexibility index (Phi) is 4.64. The Balaban J connectivity index is 2.43. The van der Waals surface area contributed by atoms with Gasteiger partial charge in [-0.05, 0) is 26.0 Å². The van der Waals surface area contributed by atoms with Crippen molar-refractivity contribution in [3.63, 3.8) is 0 Å². The number of aromatic hydroxyl groups is 1. The third-order valence-electron chi connectivity index (χ3n) is 2.22. The zero-order chi connectivity index (χ0) is 12.0. The van der Waals surface area contributed by atoms with E-state index >= 15 is 0 Å². The van der Waals surface area contributed by atoms with Gasteiger partial charge in [0.2, 0.25) is 5.91 Å². The van der Waals surface area contributed by atoms with Crippen LogP contribution in [-0.2, 0) is 4.79 Å². The summed E-state index contributed by atoms with van der Waals surface area (Å²) in [7, 11) is 0. The molecule has 0 aliphatic rings. The van der Waals surface area contributed by atoms with E-state index in [-0.39, 0.29) is 11.7 Å². The van der Waals surface area contributed by atoms with E-state index in [1.54, 1.807) is 25.1 Å². The molecule has 0 unspecified atom stereocenters. The summed E-state index contributed by atoms with van der Waals surface area (Å²) in [5, 5.41) is 12.1. The van der Waals surface area contributed by atoms with Gasteiger partial charge in [0.1, 0.15) is 11.5 Å². The predicted molar refractivity (Wildman–Crippen MR) is 61.6 cm³/mol. The topological polar surface area (TPSA) is 58.6 Å². The first-order chi connectivity index (χ1) is 7.65. The minimum atomic E-state index is -0.0275. The van der Waals surface area contributed by atoms with Crippen molar-refractivity contribution in [3.05, 3.63) is 23.8 Å². The van der Waals surface area contributed by atoms with Crippen molar-refractivity contribution >= 4 is 5.91 Å². The number of phenolic OH excluding ortho intramolecular Hbond substituents is 1. The van der Waals surface area contributed by atoms with E-state index in [1.807, 2.05) is 6.92 Å². The fourth-order valence-corrected chi connectivity index (χ4v) is 1.30. The number of ether oxygens (including phenoxy) is 1. The highest BCUT2D eigenvalue weighted by atomic mass is 16.5. The van der Waals surface area contributed by atoms with Gasteiger partial charge in [0, 0.05) is 12.1 Å². The van der Waals surface area contributed by atoms with Gasteiger partial charge in [-0.1, -0.05) is 6.07 Å². The summed E-state index contributed by atoms with van der Waals surface area (Å²) < 4.78 is 5.41. The minimum absolute atomic E-state index is 0.0275. The highest BCUT2D eigenvalue weighted by molar-refractivity contribution is 5.75. The maximum Gasteiger partial charge on any atom is 0.223 e. The Labute approximate surface area is 95.2 Å². The number of carbonyl (C=O) groups excluding carboxylic acids is 1. The summed E-state index contributed by atoms with van der Waals surface area (Å²) in [6.45, 7) is 4.59. The lowest BCUT2D eigenvalue weighted by atomic mass is 10.2. The third kappa shape index (κ3) is 3.46. The van der Waals surface area contributed by atoms with Gasteiger partial charge in [-0.3, -0.25) is 4.79 Å². The standard InChI is InChI=1S/C12H17NO3/c1-3-13-12(15)7-8-16-11-6-4-5-10(14)9(11)2/h4-6,14H,3,7-8H2,1-2H3,(H,13,15). The number of hydrogen-bond donors (Lipinski definition) is 2. The van der Waals surface area contributed by atoms with Gasteiger partial charge >= 0.3 is 0 Å². The summed E-state index contributed by atoms with van der Waals surface area (Å²) in [5.41, 5.74) is 0.693. The molecule has 0 aliphatic carbocycles. The molecule has 16 heavy (non-hydrogen) atoms. The van der Waals surface area contributed by atoms with E-state index < -0.39 is 0 Å². The average Bonchev–Trinajstić information content (AvgIpc) is 2.25. The highest BCUT2D eigenvalue weighted by Crippen LogP contribution is 2.25. The Morgan fingerprint density at radius 1 is 1.50 bits per heavy atom. The van der Waals surface area contributed by atoms with Crippen LogP contribution in [0.2, 0.25) is 0 Å². The van der Waals surface area contributed by atoms with Crippen LogP contribution in [0.1, 0.15) is 18.9 Å². The summed E-state index contributed by atoms with van der Waals surface area (Å²) in [4.78, 5) is 11.1. The second-order valence-corrected chi connectivity index (χ2v) is 3.45. The highest BCUT2D eigenvalue weighted by Gasteiger charge is 2.04. The number of phenols is 1. The SMILES string of the molecule is CCNC(=O)CCOc1cccc(O)c1C. The molecule has 1 rings (SSSR count). The van der Waals surface area contributed by atoms with Crippen molar-refractivity contribution in [2.24, 2.45) is 0 Å². The van der Waals surface area contributed by atoms with E-state index in [0.717, 1.165) is 0 Å². The van der Waals surface area contributed by atoms with Crippen LogP contribution in [0.15, 0.2) is 18.2 Å². The van der Waals surface area contributed by atoms with Gasteiger partial charge < -0.3 is 15.2 Å². The summed E-state index contributed by atoms with van der Waals surface area (Å²) >= 11 is 0. The summed E-state index contributed by atoms with van der Waals surface area (Å²) in [6.07, 6.45) is 0.322. The van der Waals surface area contributed by atoms with E-state index in [1.165, 1.54) is 0 Å². The summed E-state index contributed by atoms with van der Waals surface area (Å²) in [5.74, 6) is 0.792. The normalized spacial score (nSPS) is 9.88. The van der Waals surface area contributed by atoms with Crippen LogP contribution >= 0.6 is 0 Å². The lowest BCUT2D eigenvalue weighted by molar-refractivity contribution is -0.121. The first-order valence-corrected chi connectivity index (χ1v) is 5.33. The van der Waals surface area contributed by atoms with Gasteiger partial charge in [0.15, 0.2) is 0 Å². The Hall–Kier alpha value is -1.71. The van der Waals surface area contributed by atoms with Crippen LogP contribution in [0.25, 0.3) is 0 Å². The van der Waals surface area contributed by atoms with Gasteiger partial charge in [-0.2, -0.15) is 0 Å². The molecule has 0 saturated carbocycles.